The average molecular weight is 734 g/mol. The second-order valence-corrected chi connectivity index (χ2v) is 22.6. The molecule has 6 aromatic carbocycles. The minimum absolute atomic E-state index is 0.0491. The molecule has 0 amide bonds. The summed E-state index contributed by atoms with van der Waals surface area (Å²) in [5, 5.41) is 3.91. The fraction of sp³-hybridized carbons (Fsp3) is 0.294. The zero-order valence-electron chi connectivity index (χ0n) is 33.4. The van der Waals surface area contributed by atoms with E-state index in [0.29, 0.717) is 0 Å². The van der Waals surface area contributed by atoms with Gasteiger partial charge in [0.1, 0.15) is 0 Å². The van der Waals surface area contributed by atoms with Crippen LogP contribution in [0.25, 0.3) is 0 Å². The van der Waals surface area contributed by atoms with Crippen LogP contribution in [0.3, 0.4) is 0 Å². The first-order valence-electron chi connectivity index (χ1n) is 19.3. The van der Waals surface area contributed by atoms with E-state index in [4.69, 9.17) is 11.1 Å². The standard InChI is InChI=1S/C51H57ClSi/c1-49(2,3)43-28-25-40(31-37-19-13-10-14-20-37)46(34-43)53(52,47-35-44(50(4,5)6)29-26-41(47)32-38-21-15-11-16-22-38)48-36-45(51(7,8)9)30-27-42(48)33-39-23-17-12-18-24-39/h10-30,34-36H,31-33H2,1-9H3. The first-order valence-corrected chi connectivity index (χ1v) is 22.3. The van der Waals surface area contributed by atoms with Crippen LogP contribution in [0.2, 0.25) is 0 Å². The molecule has 0 fully saturated rings. The summed E-state index contributed by atoms with van der Waals surface area (Å²) >= 11 is 9.03. The Morgan fingerprint density at radius 2 is 0.604 bits per heavy atom. The summed E-state index contributed by atoms with van der Waals surface area (Å²) in [6.45, 7) is 20.9. The van der Waals surface area contributed by atoms with Crippen molar-refractivity contribution in [1.29, 1.82) is 0 Å². The van der Waals surface area contributed by atoms with Gasteiger partial charge in [-0.2, -0.15) is 0 Å². The quantitative estimate of drug-likeness (QED) is 0.0789. The van der Waals surface area contributed by atoms with Crippen LogP contribution in [0.5, 0.6) is 0 Å². The number of hydrogen-bond donors (Lipinski definition) is 0. The summed E-state index contributed by atoms with van der Waals surface area (Å²) < 4.78 is 0. The lowest BCUT2D eigenvalue weighted by Crippen LogP contribution is -2.66. The van der Waals surface area contributed by atoms with Gasteiger partial charge in [-0.05, 0) is 101 Å². The third kappa shape index (κ3) is 8.80. The summed E-state index contributed by atoms with van der Waals surface area (Å²) in [5.74, 6) is 0. The molecule has 6 aromatic rings. The molecule has 6 rings (SSSR count). The highest BCUT2D eigenvalue weighted by Crippen LogP contribution is 2.31. The van der Waals surface area contributed by atoms with Gasteiger partial charge >= 0.3 is 0 Å². The van der Waals surface area contributed by atoms with Crippen molar-refractivity contribution in [2.45, 2.75) is 97.8 Å². The number of hydrogen-bond acceptors (Lipinski definition) is 0. The van der Waals surface area contributed by atoms with E-state index in [1.165, 1.54) is 65.6 Å². The highest BCUT2D eigenvalue weighted by atomic mass is 35.6. The number of benzene rings is 6. The van der Waals surface area contributed by atoms with E-state index in [-0.39, 0.29) is 16.2 Å². The van der Waals surface area contributed by atoms with E-state index in [1.54, 1.807) is 0 Å². The first-order chi connectivity index (χ1) is 25.0. The van der Waals surface area contributed by atoms with Crippen LogP contribution in [-0.2, 0) is 35.5 Å². The summed E-state index contributed by atoms with van der Waals surface area (Å²) in [4.78, 5) is 0. The zero-order valence-corrected chi connectivity index (χ0v) is 35.1. The van der Waals surface area contributed by atoms with Crippen LogP contribution in [0, 0.1) is 0 Å². The topological polar surface area (TPSA) is 0 Å². The third-order valence-corrected chi connectivity index (χ3v) is 16.2. The smallest absolute Gasteiger partial charge is 0.149 e. The molecule has 0 aliphatic heterocycles. The van der Waals surface area contributed by atoms with E-state index in [2.05, 4.69) is 208 Å². The van der Waals surface area contributed by atoms with Crippen LogP contribution < -0.4 is 15.6 Å². The molecule has 0 spiro atoms. The molecule has 0 bridgehead atoms. The number of halogens is 1. The molecule has 0 atom stereocenters. The SMILES string of the molecule is CC(C)(C)c1ccc(Cc2ccccc2)c([Si](Cl)(c2cc(C(C)(C)C)ccc2Cc2ccccc2)c2cc(C(C)(C)C)ccc2Cc2ccccc2)c1. The van der Waals surface area contributed by atoms with E-state index < -0.39 is 7.38 Å². The molecule has 0 N–H and O–H groups in total. The predicted octanol–water partition coefficient (Wildman–Crippen LogP) is 11.6. The maximum atomic E-state index is 9.03. The molecule has 0 nitrogen and oxygen atoms in total. The van der Waals surface area contributed by atoms with E-state index in [9.17, 15) is 0 Å². The Morgan fingerprint density at radius 1 is 0.358 bits per heavy atom. The largest absolute Gasteiger partial charge is 0.248 e. The Kier molecular flexibility index (Phi) is 11.1. The molecular weight excluding hydrogens is 676 g/mol. The Hall–Kier alpha value is -4.17. The molecule has 2 heteroatoms. The van der Waals surface area contributed by atoms with Crippen molar-refractivity contribution in [1.82, 2.24) is 0 Å². The molecule has 0 aliphatic rings. The minimum atomic E-state index is -3.33. The van der Waals surface area contributed by atoms with Crippen molar-refractivity contribution in [3.05, 3.63) is 196 Å². The monoisotopic (exact) mass is 732 g/mol. The van der Waals surface area contributed by atoms with Crippen molar-refractivity contribution in [2.75, 3.05) is 0 Å². The zero-order chi connectivity index (χ0) is 38.0. The minimum Gasteiger partial charge on any atom is -0.149 e. The molecule has 0 saturated carbocycles. The Balaban J connectivity index is 1.77. The van der Waals surface area contributed by atoms with Crippen molar-refractivity contribution in [2.24, 2.45) is 0 Å². The van der Waals surface area contributed by atoms with E-state index >= 15 is 0 Å². The molecule has 0 aliphatic carbocycles. The van der Waals surface area contributed by atoms with Crippen molar-refractivity contribution >= 4 is 34.0 Å². The van der Waals surface area contributed by atoms with Gasteiger partial charge in [0.2, 0.25) is 7.38 Å². The summed E-state index contributed by atoms with van der Waals surface area (Å²) in [6, 6.07) is 54.5. The second kappa shape index (κ2) is 15.3. The van der Waals surface area contributed by atoms with Gasteiger partial charge in [-0.3, -0.25) is 0 Å². The van der Waals surface area contributed by atoms with Gasteiger partial charge < -0.3 is 0 Å². The molecule has 272 valence electrons. The molecular formula is C51H57ClSi. The van der Waals surface area contributed by atoms with Crippen molar-refractivity contribution in [3.63, 3.8) is 0 Å². The highest BCUT2D eigenvalue weighted by molar-refractivity contribution is 7.40. The summed E-state index contributed by atoms with van der Waals surface area (Å²) in [6.07, 6.45) is 2.46. The summed E-state index contributed by atoms with van der Waals surface area (Å²) in [5.41, 5.74) is 11.6. The maximum absolute atomic E-state index is 9.03. The van der Waals surface area contributed by atoms with Gasteiger partial charge in [0.05, 0.1) is 0 Å². The van der Waals surface area contributed by atoms with Crippen LogP contribution in [0.15, 0.2) is 146 Å². The second-order valence-electron chi connectivity index (χ2n) is 18.0. The van der Waals surface area contributed by atoms with Gasteiger partial charge in [0.25, 0.3) is 0 Å². The lowest BCUT2D eigenvalue weighted by Gasteiger charge is -2.36. The van der Waals surface area contributed by atoms with Gasteiger partial charge in [0, 0.05) is 0 Å². The fourth-order valence-electron chi connectivity index (χ4n) is 7.44. The third-order valence-electron chi connectivity index (χ3n) is 10.8. The Bertz CT molecular complexity index is 1900. The fourth-order valence-corrected chi connectivity index (χ4v) is 12.8. The molecule has 53 heavy (non-hydrogen) atoms. The van der Waals surface area contributed by atoms with Gasteiger partial charge in [0.15, 0.2) is 0 Å². The molecule has 0 radical (unpaired) electrons. The number of rotatable bonds is 9. The highest BCUT2D eigenvalue weighted by Gasteiger charge is 2.44. The van der Waals surface area contributed by atoms with Gasteiger partial charge in [-0.15, -0.1) is 11.1 Å². The van der Waals surface area contributed by atoms with E-state index in [0.717, 1.165) is 19.3 Å². The molecule has 0 heterocycles. The average Bonchev–Trinajstić information content (AvgIpc) is 3.12. The maximum Gasteiger partial charge on any atom is 0.248 e. The van der Waals surface area contributed by atoms with Crippen molar-refractivity contribution < 1.29 is 0 Å². The first kappa shape index (κ1) is 38.5. The molecule has 0 aromatic heterocycles. The van der Waals surface area contributed by atoms with Gasteiger partial charge in [-0.25, -0.2) is 0 Å². The normalized spacial score (nSPS) is 12.6. The lowest BCUT2D eigenvalue weighted by molar-refractivity contribution is 0.590. The van der Waals surface area contributed by atoms with Crippen LogP contribution >= 0.6 is 11.1 Å². The van der Waals surface area contributed by atoms with Gasteiger partial charge in [-0.1, -0.05) is 208 Å². The van der Waals surface area contributed by atoms with Crippen LogP contribution in [-0.4, -0.2) is 7.38 Å². The Morgan fingerprint density at radius 3 is 0.830 bits per heavy atom. The lowest BCUT2D eigenvalue weighted by atomic mass is 9.86. The van der Waals surface area contributed by atoms with E-state index in [1.807, 2.05) is 0 Å². The molecule has 0 unspecified atom stereocenters. The Labute approximate surface area is 326 Å². The van der Waals surface area contributed by atoms with Crippen LogP contribution in [0.4, 0.5) is 0 Å². The van der Waals surface area contributed by atoms with Crippen molar-refractivity contribution in [3.8, 4) is 0 Å². The predicted molar refractivity (Wildman–Crippen MR) is 234 cm³/mol. The van der Waals surface area contributed by atoms with Crippen LogP contribution in [0.1, 0.15) is 112 Å². The summed E-state index contributed by atoms with van der Waals surface area (Å²) in [7, 11) is -3.33. The molecule has 0 saturated heterocycles.